The highest BCUT2D eigenvalue weighted by atomic mass is 14.9. The Labute approximate surface area is 187 Å². The van der Waals surface area contributed by atoms with Gasteiger partial charge in [0.05, 0.1) is 0 Å². The average molecular weight is 406 g/mol. The molecule has 31 heavy (non-hydrogen) atoms. The van der Waals surface area contributed by atoms with Gasteiger partial charge in [0.25, 0.3) is 0 Å². The second kappa shape index (κ2) is 11.0. The van der Waals surface area contributed by atoms with Crippen LogP contribution in [0.25, 0.3) is 23.3 Å². The van der Waals surface area contributed by atoms with E-state index in [4.69, 9.17) is 0 Å². The summed E-state index contributed by atoms with van der Waals surface area (Å²) in [6, 6.07) is 25.0. The fourth-order valence-electron chi connectivity index (χ4n) is 3.89. The molecule has 0 amide bonds. The van der Waals surface area contributed by atoms with Crippen LogP contribution in [0.5, 0.6) is 0 Å². The third-order valence-corrected chi connectivity index (χ3v) is 5.59. The maximum Gasteiger partial charge on any atom is 0.0416 e. The molecule has 0 spiro atoms. The molecule has 0 saturated heterocycles. The van der Waals surface area contributed by atoms with Crippen molar-refractivity contribution in [3.05, 3.63) is 126 Å². The van der Waals surface area contributed by atoms with Gasteiger partial charge in [-0.15, -0.1) is 0 Å². The van der Waals surface area contributed by atoms with E-state index in [1.54, 1.807) is 0 Å². The molecule has 0 aromatic heterocycles. The quantitative estimate of drug-likeness (QED) is 0.460. The Morgan fingerprint density at radius 3 is 1.77 bits per heavy atom. The molecule has 1 nitrogen and oxygen atoms in total. The van der Waals surface area contributed by atoms with E-state index in [1.807, 2.05) is 36.4 Å². The van der Waals surface area contributed by atoms with E-state index in [-0.39, 0.29) is 0 Å². The lowest BCUT2D eigenvalue weighted by Crippen LogP contribution is -2.00. The maximum atomic E-state index is 3.85. The Hall–Kier alpha value is -3.58. The van der Waals surface area contributed by atoms with Gasteiger partial charge in [0, 0.05) is 11.4 Å². The molecule has 1 aliphatic rings. The summed E-state index contributed by atoms with van der Waals surface area (Å²) in [6.45, 7) is 11.9. The molecule has 3 aromatic rings. The van der Waals surface area contributed by atoms with Crippen LogP contribution in [0.4, 0.5) is 5.69 Å². The lowest BCUT2D eigenvalue weighted by atomic mass is 9.95. The van der Waals surface area contributed by atoms with Crippen molar-refractivity contribution in [3.63, 3.8) is 0 Å². The van der Waals surface area contributed by atoms with Gasteiger partial charge < -0.3 is 5.32 Å². The van der Waals surface area contributed by atoms with Gasteiger partial charge in [-0.25, -0.2) is 0 Å². The summed E-state index contributed by atoms with van der Waals surface area (Å²) >= 11 is 0. The van der Waals surface area contributed by atoms with Gasteiger partial charge in [-0.05, 0) is 66.1 Å². The predicted octanol–water partition coefficient (Wildman–Crippen LogP) is 8.53. The molecule has 0 unspecified atom stereocenters. The normalized spacial score (nSPS) is 15.2. The number of rotatable bonds is 3. The smallest absolute Gasteiger partial charge is 0.0416 e. The van der Waals surface area contributed by atoms with Crippen molar-refractivity contribution in [2.75, 3.05) is 5.32 Å². The number of aryl methyl sites for hydroxylation is 1. The molecule has 1 N–H and O–H groups in total. The van der Waals surface area contributed by atoms with Gasteiger partial charge in [-0.2, -0.15) is 0 Å². The Bertz CT molecular complexity index is 1070. The predicted molar refractivity (Wildman–Crippen MR) is 138 cm³/mol. The monoisotopic (exact) mass is 405 g/mol. The summed E-state index contributed by atoms with van der Waals surface area (Å²) in [5.74, 6) is 0. The zero-order valence-corrected chi connectivity index (χ0v) is 18.6. The molecule has 1 heteroatoms. The Morgan fingerprint density at radius 2 is 1.23 bits per heavy atom. The first-order valence-corrected chi connectivity index (χ1v) is 10.8. The van der Waals surface area contributed by atoms with Crippen molar-refractivity contribution in [2.45, 2.75) is 26.7 Å². The fourth-order valence-corrected chi connectivity index (χ4v) is 3.89. The van der Waals surface area contributed by atoms with E-state index in [0.717, 1.165) is 24.0 Å². The van der Waals surface area contributed by atoms with Crippen molar-refractivity contribution in [1.82, 2.24) is 0 Å². The average Bonchev–Trinajstić information content (AvgIpc) is 3.03. The van der Waals surface area contributed by atoms with Crippen LogP contribution in [0.2, 0.25) is 0 Å². The van der Waals surface area contributed by atoms with Gasteiger partial charge in [-0.1, -0.05) is 104 Å². The standard InChI is InChI=1S/C16H14.C14H17N/c1-3-13-9-5-7-11-15(13)16-12-8-6-10-14(16)4-2;1-3-11-9-10-12-7-5-6-8-14(12)15-13(11)4-2/h3-12H,1-2H2;3-8,15H,9-10H2,1-2H3/b;11-3-,13-4+. The lowest BCUT2D eigenvalue weighted by molar-refractivity contribution is 0.968. The number of hydrogen-bond acceptors (Lipinski definition) is 1. The number of anilines is 1. The van der Waals surface area contributed by atoms with Crippen molar-refractivity contribution < 1.29 is 0 Å². The summed E-state index contributed by atoms with van der Waals surface area (Å²) in [5.41, 5.74) is 10.0. The number of para-hydroxylation sites is 1. The Kier molecular flexibility index (Phi) is 7.84. The van der Waals surface area contributed by atoms with Crippen LogP contribution in [0, 0.1) is 0 Å². The number of benzene rings is 3. The van der Waals surface area contributed by atoms with Gasteiger partial charge in [-0.3, -0.25) is 0 Å². The molecule has 3 aromatic carbocycles. The molecule has 0 aliphatic carbocycles. The number of fused-ring (bicyclic) bond motifs is 1. The first kappa shape index (κ1) is 22.1. The highest BCUT2D eigenvalue weighted by Gasteiger charge is 2.12. The van der Waals surface area contributed by atoms with Gasteiger partial charge in [0.15, 0.2) is 0 Å². The van der Waals surface area contributed by atoms with Crippen LogP contribution in [0.15, 0.2) is 109 Å². The SMILES string of the molecule is C/C=C1/CCc2ccccc2N/C1=C/C.C=Cc1ccccc1-c1ccccc1C=C. The molecule has 1 aliphatic heterocycles. The zero-order valence-electron chi connectivity index (χ0n) is 18.6. The summed E-state index contributed by atoms with van der Waals surface area (Å²) in [6.07, 6.45) is 10.4. The molecule has 1 heterocycles. The van der Waals surface area contributed by atoms with Crippen molar-refractivity contribution in [2.24, 2.45) is 0 Å². The molecule has 0 radical (unpaired) electrons. The summed E-state index contributed by atoms with van der Waals surface area (Å²) in [7, 11) is 0. The van der Waals surface area contributed by atoms with Crippen LogP contribution < -0.4 is 5.32 Å². The molecule has 4 rings (SSSR count). The first-order chi connectivity index (χ1) is 15.2. The zero-order chi connectivity index (χ0) is 22.1. The van der Waals surface area contributed by atoms with Crippen LogP contribution in [-0.4, -0.2) is 0 Å². The van der Waals surface area contributed by atoms with E-state index in [9.17, 15) is 0 Å². The molecular formula is C30H31N. The lowest BCUT2D eigenvalue weighted by Gasteiger charge is -2.10. The van der Waals surface area contributed by atoms with Crippen molar-refractivity contribution in [1.29, 1.82) is 0 Å². The summed E-state index contributed by atoms with van der Waals surface area (Å²) < 4.78 is 0. The molecule has 0 atom stereocenters. The minimum absolute atomic E-state index is 1.13. The second-order valence-corrected chi connectivity index (χ2v) is 7.38. The molecule has 0 saturated carbocycles. The maximum absolute atomic E-state index is 3.85. The van der Waals surface area contributed by atoms with Crippen LogP contribution in [0.3, 0.4) is 0 Å². The second-order valence-electron chi connectivity index (χ2n) is 7.38. The minimum atomic E-state index is 1.13. The van der Waals surface area contributed by atoms with E-state index in [0.29, 0.717) is 0 Å². The van der Waals surface area contributed by atoms with E-state index < -0.39 is 0 Å². The minimum Gasteiger partial charge on any atom is -0.355 e. The third kappa shape index (κ3) is 5.32. The van der Waals surface area contributed by atoms with Gasteiger partial charge in [0.1, 0.15) is 0 Å². The number of hydrogen-bond donors (Lipinski definition) is 1. The van der Waals surface area contributed by atoms with E-state index >= 15 is 0 Å². The van der Waals surface area contributed by atoms with Gasteiger partial charge in [0.2, 0.25) is 0 Å². The third-order valence-electron chi connectivity index (χ3n) is 5.59. The Balaban J connectivity index is 0.000000176. The topological polar surface area (TPSA) is 12.0 Å². The summed E-state index contributed by atoms with van der Waals surface area (Å²) in [4.78, 5) is 0. The van der Waals surface area contributed by atoms with E-state index in [2.05, 4.69) is 93.0 Å². The Morgan fingerprint density at radius 1 is 0.677 bits per heavy atom. The molecule has 0 fully saturated rings. The van der Waals surface area contributed by atoms with Crippen molar-refractivity contribution >= 4 is 17.8 Å². The molecule has 156 valence electrons. The first-order valence-electron chi connectivity index (χ1n) is 10.8. The van der Waals surface area contributed by atoms with Crippen LogP contribution >= 0.6 is 0 Å². The fraction of sp³-hybridized carbons (Fsp3) is 0.133. The number of nitrogens with one attached hydrogen (secondary N) is 1. The highest BCUT2D eigenvalue weighted by molar-refractivity contribution is 5.81. The van der Waals surface area contributed by atoms with Crippen LogP contribution in [-0.2, 0) is 6.42 Å². The summed E-state index contributed by atoms with van der Waals surface area (Å²) in [5, 5.41) is 3.50. The van der Waals surface area contributed by atoms with Gasteiger partial charge >= 0.3 is 0 Å². The molecule has 0 bridgehead atoms. The van der Waals surface area contributed by atoms with Crippen molar-refractivity contribution in [3.8, 4) is 11.1 Å². The highest BCUT2D eigenvalue weighted by Crippen LogP contribution is 2.29. The molecular weight excluding hydrogens is 374 g/mol. The number of allylic oxidation sites excluding steroid dienone is 3. The van der Waals surface area contributed by atoms with Crippen LogP contribution in [0.1, 0.15) is 37.0 Å². The van der Waals surface area contributed by atoms with E-state index in [1.165, 1.54) is 33.6 Å². The largest absolute Gasteiger partial charge is 0.355 e.